The number of ether oxygens (including phenoxy) is 1. The van der Waals surface area contributed by atoms with Crippen LogP contribution >= 0.6 is 11.6 Å². The molecule has 0 spiro atoms. The predicted octanol–water partition coefficient (Wildman–Crippen LogP) is 2.21. The van der Waals surface area contributed by atoms with Crippen molar-refractivity contribution in [1.29, 1.82) is 0 Å². The maximum Gasteiger partial charge on any atom is 0.255 e. The van der Waals surface area contributed by atoms with E-state index in [1.807, 2.05) is 0 Å². The number of phenolic OH excluding ortho intramolecular Hbond substituents is 1. The predicted molar refractivity (Wildman–Crippen MR) is 90.8 cm³/mol. The Labute approximate surface area is 144 Å². The Hall–Kier alpha value is -2.73. The minimum atomic E-state index is -0.442. The Morgan fingerprint density at radius 3 is 2.25 bits per heavy atom. The molecule has 0 aliphatic rings. The molecule has 0 radical (unpaired) electrons. The number of methoxy groups -OCH3 is 1. The second-order valence-electron chi connectivity index (χ2n) is 4.87. The summed E-state index contributed by atoms with van der Waals surface area (Å²) in [6.45, 7) is 0.438. The summed E-state index contributed by atoms with van der Waals surface area (Å²) in [5, 5.41) is 15.4. The molecule has 6 nitrogen and oxygen atoms in total. The van der Waals surface area contributed by atoms with Gasteiger partial charge in [-0.05, 0) is 24.3 Å². The van der Waals surface area contributed by atoms with Gasteiger partial charge in [-0.1, -0.05) is 23.7 Å². The van der Waals surface area contributed by atoms with E-state index in [1.165, 1.54) is 19.2 Å². The fourth-order valence-electron chi connectivity index (χ4n) is 2.02. The van der Waals surface area contributed by atoms with Crippen molar-refractivity contribution in [3.63, 3.8) is 0 Å². The van der Waals surface area contributed by atoms with Crippen LogP contribution in [0.2, 0.25) is 5.02 Å². The SMILES string of the molecule is COc1ccc(C(=O)NCCNC(=O)c2ccccc2Cl)c(O)c1. The fourth-order valence-corrected chi connectivity index (χ4v) is 2.24. The minimum Gasteiger partial charge on any atom is -0.507 e. The molecule has 7 heteroatoms. The molecule has 24 heavy (non-hydrogen) atoms. The molecule has 2 aromatic rings. The van der Waals surface area contributed by atoms with Gasteiger partial charge in [0.05, 0.1) is 23.3 Å². The molecule has 0 unspecified atom stereocenters. The number of benzene rings is 2. The first-order chi connectivity index (χ1) is 11.5. The highest BCUT2D eigenvalue weighted by atomic mass is 35.5. The summed E-state index contributed by atoms with van der Waals surface area (Å²) in [5.41, 5.74) is 0.506. The van der Waals surface area contributed by atoms with Crippen molar-refractivity contribution in [3.8, 4) is 11.5 Å². The van der Waals surface area contributed by atoms with E-state index in [0.29, 0.717) is 16.3 Å². The van der Waals surface area contributed by atoms with Gasteiger partial charge in [-0.25, -0.2) is 0 Å². The van der Waals surface area contributed by atoms with Crippen LogP contribution in [-0.2, 0) is 0 Å². The van der Waals surface area contributed by atoms with Crippen LogP contribution in [0.3, 0.4) is 0 Å². The fraction of sp³-hybridized carbons (Fsp3) is 0.176. The van der Waals surface area contributed by atoms with Crippen LogP contribution in [0.1, 0.15) is 20.7 Å². The molecular formula is C17H17ClN2O4. The molecule has 0 saturated heterocycles. The van der Waals surface area contributed by atoms with E-state index in [1.54, 1.807) is 30.3 Å². The van der Waals surface area contributed by atoms with Crippen molar-refractivity contribution < 1.29 is 19.4 Å². The molecule has 2 amide bonds. The largest absolute Gasteiger partial charge is 0.507 e. The highest BCUT2D eigenvalue weighted by molar-refractivity contribution is 6.33. The number of carbonyl (C=O) groups is 2. The van der Waals surface area contributed by atoms with Gasteiger partial charge in [0.2, 0.25) is 0 Å². The maximum absolute atomic E-state index is 12.0. The van der Waals surface area contributed by atoms with E-state index >= 15 is 0 Å². The van der Waals surface area contributed by atoms with Crippen LogP contribution in [0.5, 0.6) is 11.5 Å². The molecule has 0 bridgehead atoms. The first-order valence-corrected chi connectivity index (χ1v) is 7.58. The molecule has 126 valence electrons. The lowest BCUT2D eigenvalue weighted by Crippen LogP contribution is -2.34. The van der Waals surface area contributed by atoms with Gasteiger partial charge in [0.1, 0.15) is 11.5 Å². The number of hydrogen-bond donors (Lipinski definition) is 3. The number of rotatable bonds is 6. The Bertz CT molecular complexity index is 749. The van der Waals surface area contributed by atoms with E-state index in [4.69, 9.17) is 16.3 Å². The molecule has 0 fully saturated rings. The number of halogens is 1. The standard InChI is InChI=1S/C17H17ClN2O4/c1-24-11-6-7-13(15(21)10-11)17(23)20-9-8-19-16(22)12-4-2-3-5-14(12)18/h2-7,10,21H,8-9H2,1H3,(H,19,22)(H,20,23). The number of hydrogen-bond acceptors (Lipinski definition) is 4. The van der Waals surface area contributed by atoms with Crippen molar-refractivity contribution in [1.82, 2.24) is 10.6 Å². The summed E-state index contributed by atoms with van der Waals surface area (Å²) in [7, 11) is 1.47. The molecule has 0 saturated carbocycles. The van der Waals surface area contributed by atoms with Crippen LogP contribution in [0, 0.1) is 0 Å². The zero-order valence-electron chi connectivity index (χ0n) is 13.0. The Morgan fingerprint density at radius 1 is 1.04 bits per heavy atom. The van der Waals surface area contributed by atoms with Crippen molar-refractivity contribution in [2.24, 2.45) is 0 Å². The minimum absolute atomic E-state index is 0.133. The van der Waals surface area contributed by atoms with Crippen molar-refractivity contribution in [2.75, 3.05) is 20.2 Å². The first-order valence-electron chi connectivity index (χ1n) is 7.21. The number of phenols is 1. The van der Waals surface area contributed by atoms with Gasteiger partial charge in [-0.3, -0.25) is 9.59 Å². The summed E-state index contributed by atoms with van der Waals surface area (Å²) in [6, 6.07) is 11.1. The summed E-state index contributed by atoms with van der Waals surface area (Å²) < 4.78 is 4.96. The van der Waals surface area contributed by atoms with Gasteiger partial charge in [0.15, 0.2) is 0 Å². The van der Waals surface area contributed by atoms with E-state index in [0.717, 1.165) is 0 Å². The van der Waals surface area contributed by atoms with Crippen LogP contribution in [0.15, 0.2) is 42.5 Å². The van der Waals surface area contributed by atoms with Gasteiger partial charge in [0.25, 0.3) is 11.8 Å². The van der Waals surface area contributed by atoms with Gasteiger partial charge < -0.3 is 20.5 Å². The molecule has 0 aliphatic carbocycles. The van der Waals surface area contributed by atoms with Crippen LogP contribution in [-0.4, -0.2) is 37.1 Å². The van der Waals surface area contributed by atoms with Crippen molar-refractivity contribution in [3.05, 3.63) is 58.6 Å². The Balaban J connectivity index is 1.83. The number of amides is 2. The third kappa shape index (κ3) is 4.39. The smallest absolute Gasteiger partial charge is 0.255 e. The molecule has 3 N–H and O–H groups in total. The van der Waals surface area contributed by atoms with Gasteiger partial charge in [0, 0.05) is 19.2 Å². The lowest BCUT2D eigenvalue weighted by atomic mass is 10.2. The number of nitrogens with one attached hydrogen (secondary N) is 2. The van der Waals surface area contributed by atoms with E-state index in [9.17, 15) is 14.7 Å². The molecule has 2 aromatic carbocycles. The third-order valence-electron chi connectivity index (χ3n) is 3.26. The van der Waals surface area contributed by atoms with Crippen molar-refractivity contribution >= 4 is 23.4 Å². The third-order valence-corrected chi connectivity index (χ3v) is 3.59. The molecule has 0 aliphatic heterocycles. The highest BCUT2D eigenvalue weighted by Gasteiger charge is 2.12. The molecular weight excluding hydrogens is 332 g/mol. The molecule has 0 atom stereocenters. The van der Waals surface area contributed by atoms with Crippen LogP contribution in [0.4, 0.5) is 0 Å². The van der Waals surface area contributed by atoms with Crippen LogP contribution in [0.25, 0.3) is 0 Å². The summed E-state index contributed by atoms with van der Waals surface area (Å²) in [5.74, 6) is -0.479. The highest BCUT2D eigenvalue weighted by Crippen LogP contribution is 2.23. The molecule has 0 heterocycles. The van der Waals surface area contributed by atoms with Crippen LogP contribution < -0.4 is 15.4 Å². The quantitative estimate of drug-likeness (QED) is 0.698. The zero-order valence-corrected chi connectivity index (χ0v) is 13.8. The maximum atomic E-state index is 12.0. The Morgan fingerprint density at radius 2 is 1.67 bits per heavy atom. The molecule has 0 aromatic heterocycles. The topological polar surface area (TPSA) is 87.7 Å². The van der Waals surface area contributed by atoms with E-state index in [2.05, 4.69) is 10.6 Å². The van der Waals surface area contributed by atoms with E-state index in [-0.39, 0.29) is 30.3 Å². The van der Waals surface area contributed by atoms with E-state index < -0.39 is 5.91 Å². The molecule has 2 rings (SSSR count). The average molecular weight is 349 g/mol. The number of carbonyl (C=O) groups excluding carboxylic acids is 2. The lowest BCUT2D eigenvalue weighted by molar-refractivity contribution is 0.0926. The second kappa shape index (κ2) is 8.21. The zero-order chi connectivity index (χ0) is 17.5. The number of aromatic hydroxyl groups is 1. The Kier molecular flexibility index (Phi) is 6.03. The summed E-state index contributed by atoms with van der Waals surface area (Å²) >= 11 is 5.94. The summed E-state index contributed by atoms with van der Waals surface area (Å²) in [4.78, 5) is 23.9. The normalized spacial score (nSPS) is 10.1. The first kappa shape index (κ1) is 17.6. The lowest BCUT2D eigenvalue weighted by Gasteiger charge is -2.09. The average Bonchev–Trinajstić information content (AvgIpc) is 2.58. The van der Waals surface area contributed by atoms with Gasteiger partial charge in [-0.15, -0.1) is 0 Å². The second-order valence-corrected chi connectivity index (χ2v) is 5.28. The van der Waals surface area contributed by atoms with Gasteiger partial charge in [-0.2, -0.15) is 0 Å². The van der Waals surface area contributed by atoms with Gasteiger partial charge >= 0.3 is 0 Å². The van der Waals surface area contributed by atoms with Crippen molar-refractivity contribution in [2.45, 2.75) is 0 Å². The summed E-state index contributed by atoms with van der Waals surface area (Å²) in [6.07, 6.45) is 0. The monoisotopic (exact) mass is 348 g/mol.